The van der Waals surface area contributed by atoms with Gasteiger partial charge in [-0.3, -0.25) is 9.59 Å². The number of rotatable bonds is 14. The van der Waals surface area contributed by atoms with E-state index in [4.69, 9.17) is 5.73 Å². The molecule has 33 heavy (non-hydrogen) atoms. The van der Waals surface area contributed by atoms with Gasteiger partial charge in [-0.25, -0.2) is 15.1 Å². The van der Waals surface area contributed by atoms with Crippen molar-refractivity contribution in [2.24, 2.45) is 22.6 Å². The quantitative estimate of drug-likeness (QED) is 0.0412. The molecule has 13 heteroatoms. The molecule has 1 amide bonds. The molecule has 1 aromatic carbocycles. The molecule has 6 N–H and O–H groups in total. The third kappa shape index (κ3) is 12.0. The van der Waals surface area contributed by atoms with Gasteiger partial charge in [-0.15, -0.1) is 0 Å². The summed E-state index contributed by atoms with van der Waals surface area (Å²) in [5.74, 6) is -2.39. The molecule has 0 bridgehead atoms. The van der Waals surface area contributed by atoms with Gasteiger partial charge in [0.15, 0.2) is 5.03 Å². The Morgan fingerprint density at radius 1 is 1.30 bits per heavy atom. The maximum Gasteiger partial charge on any atom is 0.475 e. The predicted molar refractivity (Wildman–Crippen MR) is 133 cm³/mol. The molecule has 0 saturated heterocycles. The van der Waals surface area contributed by atoms with E-state index in [9.17, 15) is 29.8 Å². The van der Waals surface area contributed by atoms with Crippen LogP contribution in [-0.2, 0) is 16.0 Å². The third-order valence-electron chi connectivity index (χ3n) is 4.80. The van der Waals surface area contributed by atoms with Gasteiger partial charge in [0.2, 0.25) is 5.91 Å². The molecule has 0 radical (unpaired) electrons. The van der Waals surface area contributed by atoms with Crippen molar-refractivity contribution in [2.45, 2.75) is 51.9 Å². The van der Waals surface area contributed by atoms with E-state index >= 15 is 0 Å². The van der Waals surface area contributed by atoms with E-state index < -0.39 is 29.9 Å². The average Bonchev–Trinajstić information content (AvgIpc) is 2.70. The lowest BCUT2D eigenvalue weighted by Gasteiger charge is -2.23. The molecular weight excluding hydrogens is 544 g/mol. The van der Waals surface area contributed by atoms with Crippen molar-refractivity contribution in [3.05, 3.63) is 43.5 Å². The number of hydrazine groups is 1. The number of ketones is 1. The normalized spacial score (nSPS) is 13.3. The highest BCUT2D eigenvalue weighted by molar-refractivity contribution is 14.1. The lowest BCUT2D eigenvalue weighted by molar-refractivity contribution is -0.525. The summed E-state index contributed by atoms with van der Waals surface area (Å²) in [5, 5.41) is 31.4. The topological polar surface area (TPSA) is 180 Å². The van der Waals surface area contributed by atoms with Crippen LogP contribution in [0.5, 0.6) is 0 Å². The second-order valence-electron chi connectivity index (χ2n) is 8.14. The number of nitrogens with one attached hydrogen (secondary N) is 2. The Hall–Kier alpha value is -2.26. The number of aliphatic imine (C=N–C) groups is 1. The van der Waals surface area contributed by atoms with E-state index in [0.29, 0.717) is 12.8 Å². The summed E-state index contributed by atoms with van der Waals surface area (Å²) in [6.07, 6.45) is 1.14. The molecule has 1 aromatic rings. The minimum atomic E-state index is -1.73. The van der Waals surface area contributed by atoms with Crippen LogP contribution >= 0.6 is 22.6 Å². The highest BCUT2D eigenvalue weighted by Crippen LogP contribution is 2.18. The monoisotopic (exact) mass is 575 g/mol. The van der Waals surface area contributed by atoms with E-state index in [2.05, 4.69) is 32.9 Å². The van der Waals surface area contributed by atoms with Crippen LogP contribution in [0.15, 0.2) is 29.3 Å². The first-order valence-electron chi connectivity index (χ1n) is 10.6. The number of hydrogen-bond donors (Lipinski definition) is 5. The molecule has 0 aliphatic rings. The van der Waals surface area contributed by atoms with E-state index in [0.717, 1.165) is 9.13 Å². The molecule has 1 rings (SSSR count). The second-order valence-corrected chi connectivity index (χ2v) is 9.31. The van der Waals surface area contributed by atoms with Gasteiger partial charge >= 0.3 is 7.12 Å². The third-order valence-corrected chi connectivity index (χ3v) is 5.85. The smallest absolute Gasteiger partial charge is 0.426 e. The van der Waals surface area contributed by atoms with Crippen molar-refractivity contribution in [2.75, 3.05) is 6.54 Å². The highest BCUT2D eigenvalue weighted by Gasteiger charge is 2.30. The average molecular weight is 575 g/mol. The van der Waals surface area contributed by atoms with Crippen molar-refractivity contribution in [1.82, 2.24) is 10.7 Å². The summed E-state index contributed by atoms with van der Waals surface area (Å²) in [7, 11) is -1.73. The zero-order valence-electron chi connectivity index (χ0n) is 18.7. The van der Waals surface area contributed by atoms with Gasteiger partial charge in [-0.05, 0) is 59.4 Å². The largest absolute Gasteiger partial charge is 0.475 e. The fourth-order valence-corrected chi connectivity index (χ4v) is 3.83. The maximum absolute atomic E-state index is 12.9. The van der Waals surface area contributed by atoms with Crippen molar-refractivity contribution in [1.29, 1.82) is 0 Å². The SMILES string of the molecule is CC(C)C[C@H](NC(=O)[C@H](CCCN=C(N)N[N+](=O)[O-])CC(=O)Cc1ccccc1I)B(O)O. The number of Topliss-reactive ketones (excluding diaryl/α,β-unsaturated/α-hetero) is 1. The predicted octanol–water partition coefficient (Wildman–Crippen LogP) is 0.828. The van der Waals surface area contributed by atoms with Gasteiger partial charge in [0.05, 0.1) is 5.94 Å². The molecule has 0 heterocycles. The summed E-state index contributed by atoms with van der Waals surface area (Å²) < 4.78 is 0.952. The molecule has 0 saturated carbocycles. The van der Waals surface area contributed by atoms with Crippen LogP contribution < -0.4 is 16.5 Å². The van der Waals surface area contributed by atoms with Crippen LogP contribution in [-0.4, -0.2) is 52.3 Å². The maximum atomic E-state index is 12.9. The van der Waals surface area contributed by atoms with Gasteiger partial charge in [0, 0.05) is 28.9 Å². The van der Waals surface area contributed by atoms with Crippen molar-refractivity contribution in [3.63, 3.8) is 0 Å². The molecular formula is C20H31BIN5O6. The van der Waals surface area contributed by atoms with E-state index in [1.54, 1.807) is 5.43 Å². The summed E-state index contributed by atoms with van der Waals surface area (Å²) >= 11 is 2.15. The first-order chi connectivity index (χ1) is 15.5. The second kappa shape index (κ2) is 14.8. The molecule has 0 aliphatic heterocycles. The van der Waals surface area contributed by atoms with Crippen molar-refractivity contribution < 1.29 is 24.7 Å². The van der Waals surface area contributed by atoms with Gasteiger partial charge < -0.3 is 21.1 Å². The van der Waals surface area contributed by atoms with Crippen molar-refractivity contribution >= 4 is 47.4 Å². The Morgan fingerprint density at radius 3 is 2.55 bits per heavy atom. The Morgan fingerprint density at radius 2 is 1.97 bits per heavy atom. The molecule has 0 unspecified atom stereocenters. The number of halogens is 1. The number of benzene rings is 1. The van der Waals surface area contributed by atoms with Gasteiger partial charge in [-0.1, -0.05) is 37.5 Å². The Kier molecular flexibility index (Phi) is 12.9. The number of hydrogen-bond acceptors (Lipinski definition) is 7. The summed E-state index contributed by atoms with van der Waals surface area (Å²) in [6, 6.07) is 7.47. The van der Waals surface area contributed by atoms with Gasteiger partial charge in [0.1, 0.15) is 5.78 Å². The highest BCUT2D eigenvalue weighted by atomic mass is 127. The number of nitrogens with two attached hydrogens (primary N) is 1. The number of amides is 1. The minimum absolute atomic E-state index is 0.0287. The zero-order valence-corrected chi connectivity index (χ0v) is 20.9. The Labute approximate surface area is 207 Å². The Bertz CT molecular complexity index is 839. The van der Waals surface area contributed by atoms with Crippen molar-refractivity contribution in [3.8, 4) is 0 Å². The number of carbonyl (C=O) groups is 2. The number of nitrogens with zero attached hydrogens (tertiary/aromatic N) is 2. The van der Waals surface area contributed by atoms with Crippen LogP contribution in [0.4, 0.5) is 0 Å². The molecule has 0 fully saturated rings. The summed E-state index contributed by atoms with van der Waals surface area (Å²) in [5.41, 5.74) is 7.99. The molecule has 0 aliphatic carbocycles. The van der Waals surface area contributed by atoms with Crippen LogP contribution in [0.3, 0.4) is 0 Å². The number of carbonyl (C=O) groups excluding carboxylic acids is 2. The lowest BCUT2D eigenvalue weighted by atomic mass is 9.74. The molecule has 0 spiro atoms. The lowest BCUT2D eigenvalue weighted by Crippen LogP contribution is -2.49. The molecule has 182 valence electrons. The molecule has 11 nitrogen and oxygen atoms in total. The van der Waals surface area contributed by atoms with Crippen LogP contribution in [0.2, 0.25) is 0 Å². The number of guanidine groups is 1. The standard InChI is InChI=1S/C20H31BIN5O6/c1-13(2)10-18(21(30)31)25-19(29)15(7-5-9-24-20(23)26-27(32)33)12-16(28)11-14-6-3-4-8-17(14)22/h3-4,6,8,13,15,18,30-31H,5,7,9-12H2,1-2H3,(H,25,29)(H3,23,24,26)/t15-,18+/m1/s1. The fourth-order valence-electron chi connectivity index (χ4n) is 3.26. The van der Waals surface area contributed by atoms with E-state index in [-0.39, 0.29) is 43.5 Å². The van der Waals surface area contributed by atoms with E-state index in [1.807, 2.05) is 38.1 Å². The summed E-state index contributed by atoms with van der Waals surface area (Å²) in [4.78, 5) is 39.8. The minimum Gasteiger partial charge on any atom is -0.426 e. The van der Waals surface area contributed by atoms with Crippen LogP contribution in [0.25, 0.3) is 0 Å². The van der Waals surface area contributed by atoms with Gasteiger partial charge in [0.25, 0.3) is 5.96 Å². The van der Waals surface area contributed by atoms with Crippen LogP contribution in [0, 0.1) is 25.5 Å². The first-order valence-corrected chi connectivity index (χ1v) is 11.7. The van der Waals surface area contributed by atoms with Gasteiger partial charge in [-0.2, -0.15) is 0 Å². The van der Waals surface area contributed by atoms with E-state index in [1.165, 1.54) is 0 Å². The molecule has 2 atom stereocenters. The summed E-state index contributed by atoms with van der Waals surface area (Å²) in [6.45, 7) is 3.91. The fraction of sp³-hybridized carbons (Fsp3) is 0.550. The molecule has 0 aromatic heterocycles. The zero-order chi connectivity index (χ0) is 25.0. The number of nitro groups is 1. The van der Waals surface area contributed by atoms with Crippen LogP contribution in [0.1, 0.15) is 45.1 Å². The Balaban J connectivity index is 2.85. The first kappa shape index (κ1) is 28.8.